The van der Waals surface area contributed by atoms with Gasteiger partial charge in [0.25, 0.3) is 0 Å². The zero-order valence-corrected chi connectivity index (χ0v) is 36.1. The topological polar surface area (TPSA) is 98.1 Å². The molecule has 2 aromatic heterocycles. The summed E-state index contributed by atoms with van der Waals surface area (Å²) in [6.45, 7) is 19.4. The van der Waals surface area contributed by atoms with Crippen LogP contribution >= 0.6 is 11.3 Å². The molecule has 1 saturated carbocycles. The van der Waals surface area contributed by atoms with Crippen LogP contribution in [0, 0.1) is 30.1 Å². The van der Waals surface area contributed by atoms with E-state index in [0.29, 0.717) is 30.1 Å². The number of benzene rings is 1. The van der Waals surface area contributed by atoms with Gasteiger partial charge in [0.05, 0.1) is 22.1 Å². The Morgan fingerprint density at radius 1 is 0.947 bits per heavy atom. The first-order chi connectivity index (χ1) is 27.6. The number of hydrogen-bond acceptors (Lipinski definition) is 9. The minimum atomic E-state index is -0.494. The van der Waals surface area contributed by atoms with Crippen LogP contribution in [0.4, 0.5) is 5.82 Å². The molecule has 3 aromatic rings. The first-order valence-electron chi connectivity index (χ1n) is 22.4. The molecule has 4 unspecified atom stereocenters. The van der Waals surface area contributed by atoms with E-state index >= 15 is 0 Å². The van der Waals surface area contributed by atoms with Gasteiger partial charge in [-0.05, 0) is 132 Å². The fraction of sp³-hybridized carbons (Fsp3) is 0.696. The molecule has 4 saturated heterocycles. The average Bonchev–Trinajstić information content (AvgIpc) is 4.00. The number of aromatic nitrogens is 2. The number of hydrogen-bond donors (Lipinski definition) is 1. The van der Waals surface area contributed by atoms with Crippen molar-refractivity contribution in [3.05, 3.63) is 52.9 Å². The average molecular weight is 798 g/mol. The van der Waals surface area contributed by atoms with Crippen molar-refractivity contribution in [2.45, 2.75) is 129 Å². The molecule has 10 nitrogen and oxygen atoms in total. The molecule has 0 bridgehead atoms. The summed E-state index contributed by atoms with van der Waals surface area (Å²) in [7, 11) is 0. The highest BCUT2D eigenvalue weighted by Gasteiger charge is 2.48. The van der Waals surface area contributed by atoms with Crippen molar-refractivity contribution in [1.82, 2.24) is 30.2 Å². The van der Waals surface area contributed by atoms with Gasteiger partial charge < -0.3 is 29.4 Å². The first kappa shape index (κ1) is 40.5. The van der Waals surface area contributed by atoms with Gasteiger partial charge in [0.15, 0.2) is 11.6 Å². The molecular formula is C46H67N7O3S. The Kier molecular flexibility index (Phi) is 12.4. The van der Waals surface area contributed by atoms with E-state index in [-0.39, 0.29) is 23.8 Å². The molecule has 1 aromatic carbocycles. The summed E-state index contributed by atoms with van der Waals surface area (Å²) in [5.41, 5.74) is 5.68. The fourth-order valence-electron chi connectivity index (χ4n) is 11.0. The molecule has 4 atom stereocenters. The number of rotatable bonds is 12. The summed E-state index contributed by atoms with van der Waals surface area (Å²) in [6, 6.07) is 10.5. The second-order valence-electron chi connectivity index (χ2n) is 18.8. The van der Waals surface area contributed by atoms with Crippen LogP contribution in [-0.4, -0.2) is 101 Å². The Balaban J connectivity index is 0.801. The Morgan fingerprint density at radius 3 is 2.37 bits per heavy atom. The molecule has 5 fully saturated rings. The molecule has 8 rings (SSSR count). The Hall–Kier alpha value is -3.28. The van der Waals surface area contributed by atoms with E-state index in [1.54, 1.807) is 16.2 Å². The normalized spacial score (nSPS) is 24.9. The van der Waals surface area contributed by atoms with E-state index < -0.39 is 12.0 Å². The van der Waals surface area contributed by atoms with Gasteiger partial charge in [-0.1, -0.05) is 56.6 Å². The minimum Gasteiger partial charge on any atom is -0.358 e. The summed E-state index contributed by atoms with van der Waals surface area (Å²) in [5.74, 6) is 2.45. The highest BCUT2D eigenvalue weighted by Crippen LogP contribution is 2.51. The highest BCUT2D eigenvalue weighted by atomic mass is 32.1. The van der Waals surface area contributed by atoms with Crippen LogP contribution in [0.5, 0.6) is 0 Å². The van der Waals surface area contributed by atoms with E-state index in [0.717, 1.165) is 71.8 Å². The quantitative estimate of drug-likeness (QED) is 0.196. The lowest BCUT2D eigenvalue weighted by Crippen LogP contribution is -2.57. The molecular weight excluding hydrogens is 731 g/mol. The number of aryl methyl sites for hydroxylation is 1. The second-order valence-corrected chi connectivity index (χ2v) is 19.7. The molecule has 6 heterocycles. The van der Waals surface area contributed by atoms with Crippen LogP contribution < -0.4 is 10.2 Å². The first-order valence-corrected chi connectivity index (χ1v) is 23.3. The van der Waals surface area contributed by atoms with E-state index in [2.05, 4.69) is 75.2 Å². The maximum Gasteiger partial charge on any atom is 0.243 e. The third-order valence-electron chi connectivity index (χ3n) is 14.7. The van der Waals surface area contributed by atoms with Crippen molar-refractivity contribution in [3.63, 3.8) is 0 Å². The smallest absolute Gasteiger partial charge is 0.243 e. The van der Waals surface area contributed by atoms with E-state index in [1.165, 1.54) is 77.7 Å². The Labute approximate surface area is 345 Å². The molecule has 57 heavy (non-hydrogen) atoms. The summed E-state index contributed by atoms with van der Waals surface area (Å²) in [4.78, 5) is 43.2. The number of nitrogens with one attached hydrogen (secondary N) is 1. The predicted molar refractivity (Wildman–Crippen MR) is 228 cm³/mol. The summed E-state index contributed by atoms with van der Waals surface area (Å²) >= 11 is 1.63. The van der Waals surface area contributed by atoms with E-state index in [4.69, 9.17) is 4.52 Å². The molecule has 11 heteroatoms. The van der Waals surface area contributed by atoms with Crippen LogP contribution in [0.15, 0.2) is 40.4 Å². The van der Waals surface area contributed by atoms with Crippen LogP contribution in [0.1, 0.15) is 127 Å². The molecule has 1 spiro atoms. The number of carbonyl (C=O) groups excluding carboxylic acids is 2. The van der Waals surface area contributed by atoms with Gasteiger partial charge in [0, 0.05) is 44.8 Å². The summed E-state index contributed by atoms with van der Waals surface area (Å²) < 4.78 is 5.97. The van der Waals surface area contributed by atoms with Gasteiger partial charge in [-0.25, -0.2) is 4.98 Å². The van der Waals surface area contributed by atoms with Crippen molar-refractivity contribution in [2.75, 3.05) is 57.3 Å². The summed E-state index contributed by atoms with van der Waals surface area (Å²) in [6.07, 6.45) is 13.6. The molecule has 2 amide bonds. The number of nitrogens with zero attached hydrogens (tertiary/aromatic N) is 6. The number of anilines is 1. The Morgan fingerprint density at radius 2 is 1.68 bits per heavy atom. The third kappa shape index (κ3) is 8.86. The van der Waals surface area contributed by atoms with Crippen molar-refractivity contribution in [1.29, 1.82) is 0 Å². The van der Waals surface area contributed by atoms with Crippen LogP contribution in [0.2, 0.25) is 0 Å². The third-order valence-corrected chi connectivity index (χ3v) is 15.7. The van der Waals surface area contributed by atoms with Crippen LogP contribution in [-0.2, 0) is 9.59 Å². The number of piperidine rings is 3. The number of thiazole rings is 1. The molecule has 310 valence electrons. The molecule has 1 N–H and O–H groups in total. The molecule has 0 radical (unpaired) electrons. The zero-order chi connectivity index (χ0) is 39.7. The van der Waals surface area contributed by atoms with Gasteiger partial charge in [-0.15, -0.1) is 11.3 Å². The van der Waals surface area contributed by atoms with E-state index in [9.17, 15) is 9.59 Å². The van der Waals surface area contributed by atoms with E-state index in [1.807, 2.05) is 25.4 Å². The minimum absolute atomic E-state index is 0.000606. The van der Waals surface area contributed by atoms with Crippen molar-refractivity contribution >= 4 is 29.0 Å². The van der Waals surface area contributed by atoms with Gasteiger partial charge in [0.2, 0.25) is 11.8 Å². The van der Waals surface area contributed by atoms with Crippen molar-refractivity contribution < 1.29 is 14.1 Å². The number of likely N-dealkylation sites (tertiary alicyclic amines) is 3. The maximum absolute atomic E-state index is 14.3. The standard InChI is InChI=1S/C46H67N7O3S/c1-6-34-9-7-19-52(29-34)38-26-46(27-38)17-23-50(24-18-46)28-35-15-21-51(22-16-35)41-25-40(56-49-41)42(31(2)3)45(55)53-20-8-10-39(53)44(54)48-32(4)36-11-13-37(14-12-36)43-33(5)47-30-57-43/h11-14,25,30-32,34-35,38-39,42H,6-10,15-24,26-29H2,1-5H3,(H,48,54). The SMILES string of the molecule is CCC1CCCN(C2CC3(CCN(CC4CCN(c5cc(C(C(=O)N6CCCC6C(=O)NC(C)c6ccc(-c7scnc7C)cc6)C(C)C)on5)CC4)CC3)C2)C1. The monoisotopic (exact) mass is 798 g/mol. The van der Waals surface area contributed by atoms with Crippen LogP contribution in [0.3, 0.4) is 0 Å². The van der Waals surface area contributed by atoms with Gasteiger partial charge in [-0.3, -0.25) is 9.59 Å². The van der Waals surface area contributed by atoms with Crippen molar-refractivity contribution in [3.8, 4) is 10.4 Å². The van der Waals surface area contributed by atoms with Gasteiger partial charge in [-0.2, -0.15) is 0 Å². The second kappa shape index (κ2) is 17.5. The highest BCUT2D eigenvalue weighted by molar-refractivity contribution is 7.13. The lowest BCUT2D eigenvalue weighted by Gasteiger charge is -2.56. The molecule has 1 aliphatic carbocycles. The molecule has 4 aliphatic heterocycles. The zero-order valence-electron chi connectivity index (χ0n) is 35.3. The van der Waals surface area contributed by atoms with Crippen molar-refractivity contribution in [2.24, 2.45) is 23.2 Å². The number of amides is 2. The van der Waals surface area contributed by atoms with Gasteiger partial charge >= 0.3 is 0 Å². The predicted octanol–water partition coefficient (Wildman–Crippen LogP) is 8.30. The summed E-state index contributed by atoms with van der Waals surface area (Å²) in [5, 5.41) is 7.72. The van der Waals surface area contributed by atoms with Gasteiger partial charge in [0.1, 0.15) is 12.0 Å². The number of carbonyl (C=O) groups is 2. The lowest BCUT2D eigenvalue weighted by molar-refractivity contribution is -0.141. The van der Waals surface area contributed by atoms with Crippen LogP contribution in [0.25, 0.3) is 10.4 Å². The molecule has 5 aliphatic rings. The Bertz CT molecular complexity index is 1800. The maximum atomic E-state index is 14.3. The lowest BCUT2D eigenvalue weighted by atomic mass is 9.59. The fourth-order valence-corrected chi connectivity index (χ4v) is 11.8. The largest absolute Gasteiger partial charge is 0.358 e.